The number of ether oxygens (including phenoxy) is 1. The predicted octanol–water partition coefficient (Wildman–Crippen LogP) is 7.49. The van der Waals surface area contributed by atoms with Gasteiger partial charge in [0.1, 0.15) is 19.1 Å². The predicted molar refractivity (Wildman–Crippen MR) is 127 cm³/mol. The lowest BCUT2D eigenvalue weighted by atomic mass is 10.1. The van der Waals surface area contributed by atoms with Crippen molar-refractivity contribution in [3.63, 3.8) is 0 Å². The minimum atomic E-state index is -2.34. The summed E-state index contributed by atoms with van der Waals surface area (Å²) in [5.74, 6) is -0.286. The third kappa shape index (κ3) is 5.85. The van der Waals surface area contributed by atoms with E-state index in [-0.39, 0.29) is 10.9 Å². The molecule has 2 aromatic carbocycles. The highest BCUT2D eigenvalue weighted by Gasteiger charge is 2.20. The highest BCUT2D eigenvalue weighted by atomic mass is 35.5. The highest BCUT2D eigenvalue weighted by molar-refractivity contribution is 7.70. The summed E-state index contributed by atoms with van der Waals surface area (Å²) < 4.78 is 32.1. The van der Waals surface area contributed by atoms with Gasteiger partial charge in [0.05, 0.1) is 10.7 Å². The molecule has 0 aliphatic carbocycles. The molecule has 0 heterocycles. The lowest BCUT2D eigenvalue weighted by Crippen LogP contribution is -2.12. The van der Waals surface area contributed by atoms with Crippen LogP contribution in [0.1, 0.15) is 38.0 Å². The van der Waals surface area contributed by atoms with Gasteiger partial charge in [-0.2, -0.15) is 0 Å². The Morgan fingerprint density at radius 3 is 2.30 bits per heavy atom. The van der Waals surface area contributed by atoms with Crippen LogP contribution in [0, 0.1) is 5.82 Å². The summed E-state index contributed by atoms with van der Waals surface area (Å²) in [5, 5.41) is 1.02. The molecule has 160 valence electrons. The fourth-order valence-electron chi connectivity index (χ4n) is 2.76. The molecule has 0 fully saturated rings. The average molecular weight is 468 g/mol. The second-order valence-corrected chi connectivity index (χ2v) is 11.3. The van der Waals surface area contributed by atoms with Gasteiger partial charge < -0.3 is 9.30 Å². The highest BCUT2D eigenvalue weighted by Crippen LogP contribution is 2.36. The number of rotatable bonds is 6. The van der Waals surface area contributed by atoms with Gasteiger partial charge in [0, 0.05) is 21.5 Å². The van der Waals surface area contributed by atoms with Crippen molar-refractivity contribution in [3.8, 4) is 0 Å². The molecule has 2 rings (SSSR count). The minimum absolute atomic E-state index is 0.0820. The standard InChI is InChI=1S/C23H25Cl2FNO2P/c1-7-20(16-8-10-17(11-9-16)30(5,6)28)27-23(14(2)3)29-15(4)21-18(24)12-13-19(26)22(21)25/h7-13,15H,2H2,1,3-6H3/b20-7-,27-23?. The molecule has 0 amide bonds. The van der Waals surface area contributed by atoms with Crippen LogP contribution in [0.2, 0.25) is 10.0 Å². The first-order valence-corrected chi connectivity index (χ1v) is 12.7. The Morgan fingerprint density at radius 1 is 1.20 bits per heavy atom. The summed E-state index contributed by atoms with van der Waals surface area (Å²) in [6.07, 6.45) is 1.19. The molecule has 1 atom stereocenters. The number of hydrogen-bond acceptors (Lipinski definition) is 3. The molecule has 3 nitrogen and oxygen atoms in total. The number of hydrogen-bond donors (Lipinski definition) is 0. The van der Waals surface area contributed by atoms with E-state index in [1.165, 1.54) is 12.1 Å². The lowest BCUT2D eigenvalue weighted by molar-refractivity contribution is 0.213. The number of aliphatic imine (C=N–C) groups is 1. The monoisotopic (exact) mass is 467 g/mol. The maximum Gasteiger partial charge on any atom is 0.216 e. The van der Waals surface area contributed by atoms with Crippen molar-refractivity contribution in [2.24, 2.45) is 4.99 Å². The van der Waals surface area contributed by atoms with Crippen molar-refractivity contribution in [2.75, 3.05) is 13.3 Å². The molecule has 1 unspecified atom stereocenters. The average Bonchev–Trinajstić information content (AvgIpc) is 2.67. The molecule has 0 spiro atoms. The summed E-state index contributed by atoms with van der Waals surface area (Å²) in [5.41, 5.74) is 2.44. The summed E-state index contributed by atoms with van der Waals surface area (Å²) in [6.45, 7) is 12.7. The van der Waals surface area contributed by atoms with Gasteiger partial charge in [-0.25, -0.2) is 9.38 Å². The van der Waals surface area contributed by atoms with Crippen LogP contribution in [0.5, 0.6) is 0 Å². The van der Waals surface area contributed by atoms with Gasteiger partial charge in [-0.3, -0.25) is 0 Å². The molecular formula is C23H25Cl2FNO2P. The van der Waals surface area contributed by atoms with Gasteiger partial charge >= 0.3 is 0 Å². The van der Waals surface area contributed by atoms with Crippen LogP contribution in [0.4, 0.5) is 4.39 Å². The third-order valence-corrected chi connectivity index (χ3v) is 6.68. The van der Waals surface area contributed by atoms with Crippen LogP contribution < -0.4 is 5.30 Å². The second kappa shape index (κ2) is 9.96. The van der Waals surface area contributed by atoms with Crippen molar-refractivity contribution in [3.05, 3.63) is 81.6 Å². The van der Waals surface area contributed by atoms with Crippen molar-refractivity contribution in [2.45, 2.75) is 26.9 Å². The zero-order valence-corrected chi connectivity index (χ0v) is 20.1. The molecular weight excluding hydrogens is 443 g/mol. The van der Waals surface area contributed by atoms with Crippen molar-refractivity contribution in [1.29, 1.82) is 0 Å². The van der Waals surface area contributed by atoms with Gasteiger partial charge in [-0.15, -0.1) is 0 Å². The van der Waals surface area contributed by atoms with Crippen molar-refractivity contribution < 1.29 is 13.7 Å². The van der Waals surface area contributed by atoms with Crippen LogP contribution in [0.25, 0.3) is 5.70 Å². The third-order valence-electron chi connectivity index (χ3n) is 4.42. The minimum Gasteiger partial charge on any atom is -0.469 e. The smallest absolute Gasteiger partial charge is 0.216 e. The molecule has 0 N–H and O–H groups in total. The van der Waals surface area contributed by atoms with E-state index < -0.39 is 19.1 Å². The molecule has 0 bridgehead atoms. The van der Waals surface area contributed by atoms with Gasteiger partial charge in [-0.1, -0.05) is 60.1 Å². The van der Waals surface area contributed by atoms with Gasteiger partial charge in [-0.05, 0) is 51.8 Å². The van der Waals surface area contributed by atoms with Crippen LogP contribution in [-0.2, 0) is 9.30 Å². The first-order valence-electron chi connectivity index (χ1n) is 9.32. The lowest BCUT2D eigenvalue weighted by Gasteiger charge is -2.20. The maximum atomic E-state index is 13.9. The van der Waals surface area contributed by atoms with Gasteiger partial charge in [0.2, 0.25) is 5.90 Å². The van der Waals surface area contributed by atoms with E-state index in [1.807, 2.05) is 37.3 Å². The Labute approximate surface area is 187 Å². The van der Waals surface area contributed by atoms with Crippen LogP contribution >= 0.6 is 30.3 Å². The van der Waals surface area contributed by atoms with E-state index in [9.17, 15) is 8.96 Å². The summed E-state index contributed by atoms with van der Waals surface area (Å²) in [6, 6.07) is 10.1. The quantitative estimate of drug-likeness (QED) is 0.191. The van der Waals surface area contributed by atoms with Crippen LogP contribution in [0.15, 0.2) is 59.6 Å². The topological polar surface area (TPSA) is 38.7 Å². The summed E-state index contributed by atoms with van der Waals surface area (Å²) >= 11 is 12.3. The molecule has 0 aromatic heterocycles. The molecule has 2 aromatic rings. The number of allylic oxidation sites excluding steroid dienone is 1. The number of benzene rings is 2. The van der Waals surface area contributed by atoms with Gasteiger partial charge in [0.15, 0.2) is 0 Å². The fourth-order valence-corrected chi connectivity index (χ4v) is 4.31. The molecule has 0 aliphatic heterocycles. The Kier molecular flexibility index (Phi) is 8.10. The fraction of sp³-hybridized carbons (Fsp3) is 0.261. The summed E-state index contributed by atoms with van der Waals surface area (Å²) in [7, 11) is -2.34. The number of halogens is 3. The second-order valence-electron chi connectivity index (χ2n) is 7.29. The molecule has 0 radical (unpaired) electrons. The van der Waals surface area contributed by atoms with E-state index in [0.717, 1.165) is 10.9 Å². The zero-order valence-electron chi connectivity index (χ0n) is 17.7. The first kappa shape index (κ1) is 24.4. The molecule has 30 heavy (non-hydrogen) atoms. The largest absolute Gasteiger partial charge is 0.469 e. The van der Waals surface area contributed by atoms with Crippen LogP contribution in [0.3, 0.4) is 0 Å². The molecule has 0 aliphatic rings. The van der Waals surface area contributed by atoms with Gasteiger partial charge in [0.25, 0.3) is 0 Å². The Balaban J connectivity index is 2.38. The Hall–Kier alpha value is -1.87. The summed E-state index contributed by atoms with van der Waals surface area (Å²) in [4.78, 5) is 4.61. The van der Waals surface area contributed by atoms with E-state index in [1.54, 1.807) is 27.2 Å². The molecule has 7 heteroatoms. The Bertz CT molecular complexity index is 1060. The molecule has 0 saturated carbocycles. The first-order chi connectivity index (χ1) is 14.0. The van der Waals surface area contributed by atoms with E-state index in [0.29, 0.717) is 21.9 Å². The number of nitrogens with zero attached hydrogens (tertiary/aromatic N) is 1. The normalized spacial score (nSPS) is 13.9. The zero-order chi connectivity index (χ0) is 22.6. The van der Waals surface area contributed by atoms with Crippen LogP contribution in [-0.4, -0.2) is 19.2 Å². The van der Waals surface area contributed by atoms with E-state index in [4.69, 9.17) is 27.9 Å². The van der Waals surface area contributed by atoms with E-state index >= 15 is 0 Å². The molecule has 0 saturated heterocycles. The van der Waals surface area contributed by atoms with Crippen molar-refractivity contribution >= 4 is 47.2 Å². The van der Waals surface area contributed by atoms with Crippen molar-refractivity contribution in [1.82, 2.24) is 0 Å². The Morgan fingerprint density at radius 2 is 1.80 bits per heavy atom. The maximum absolute atomic E-state index is 13.9. The SMILES string of the molecule is C=C(C)C(=N/C(=C\C)c1ccc(P(C)(C)=O)cc1)OC(C)c1c(Cl)ccc(F)c1Cl. The van der Waals surface area contributed by atoms with E-state index in [2.05, 4.69) is 11.6 Å².